The van der Waals surface area contributed by atoms with Gasteiger partial charge in [-0.25, -0.2) is 0 Å². The molecular weight excluding hydrogens is 420 g/mol. The summed E-state index contributed by atoms with van der Waals surface area (Å²) in [5.41, 5.74) is 1.06. The van der Waals surface area contributed by atoms with Crippen LogP contribution in [-0.2, 0) is 30.9 Å². The van der Waals surface area contributed by atoms with E-state index < -0.39 is 0 Å². The maximum absolute atomic E-state index is 12.9. The molecule has 3 aromatic heterocycles. The predicted molar refractivity (Wildman–Crippen MR) is 122 cm³/mol. The fourth-order valence-electron chi connectivity index (χ4n) is 4.18. The number of pyridine rings is 1. The summed E-state index contributed by atoms with van der Waals surface area (Å²) in [7, 11) is 1.59. The molecule has 1 atom stereocenters. The zero-order valence-electron chi connectivity index (χ0n) is 19.5. The Morgan fingerprint density at radius 3 is 2.82 bits per heavy atom. The summed E-state index contributed by atoms with van der Waals surface area (Å²) in [5, 5.41) is 12.1. The normalized spacial score (nSPS) is 15.3. The molecule has 176 valence electrons. The van der Waals surface area contributed by atoms with Gasteiger partial charge < -0.3 is 19.0 Å². The molecule has 0 spiro atoms. The Balaban J connectivity index is 1.48. The summed E-state index contributed by atoms with van der Waals surface area (Å²) in [6, 6.07) is 9.19. The van der Waals surface area contributed by atoms with Crippen LogP contribution >= 0.6 is 0 Å². The van der Waals surface area contributed by atoms with Gasteiger partial charge in [0.1, 0.15) is 18.2 Å². The number of nitrogens with zero attached hydrogens (tertiary/aromatic N) is 5. The summed E-state index contributed by atoms with van der Waals surface area (Å²) in [6.07, 6.45) is 3.39. The van der Waals surface area contributed by atoms with Gasteiger partial charge in [-0.15, -0.1) is 10.2 Å². The van der Waals surface area contributed by atoms with Crippen LogP contribution in [0.3, 0.4) is 0 Å². The van der Waals surface area contributed by atoms with Crippen molar-refractivity contribution < 1.29 is 13.9 Å². The molecule has 33 heavy (non-hydrogen) atoms. The van der Waals surface area contributed by atoms with Gasteiger partial charge in [-0.1, -0.05) is 19.9 Å². The van der Waals surface area contributed by atoms with Crippen molar-refractivity contribution in [1.82, 2.24) is 30.0 Å². The van der Waals surface area contributed by atoms with Crippen LogP contribution in [0.25, 0.3) is 0 Å². The smallest absolute Gasteiger partial charge is 0.287 e. The summed E-state index contributed by atoms with van der Waals surface area (Å²) in [6.45, 7) is 7.94. The summed E-state index contributed by atoms with van der Waals surface area (Å²) in [4.78, 5) is 19.8. The maximum Gasteiger partial charge on any atom is 0.287 e. The molecule has 4 rings (SSSR count). The number of carbonyl (C=O) groups excluding carboxylic acids is 1. The fraction of sp³-hybridized carbons (Fsp3) is 0.500. The van der Waals surface area contributed by atoms with Gasteiger partial charge >= 0.3 is 0 Å². The van der Waals surface area contributed by atoms with Gasteiger partial charge in [-0.2, -0.15) is 0 Å². The summed E-state index contributed by atoms with van der Waals surface area (Å²) >= 11 is 0. The van der Waals surface area contributed by atoms with Crippen molar-refractivity contribution in [3.8, 4) is 0 Å². The van der Waals surface area contributed by atoms with Crippen LogP contribution in [0, 0.1) is 5.92 Å². The second-order valence-corrected chi connectivity index (χ2v) is 8.83. The van der Waals surface area contributed by atoms with E-state index >= 15 is 0 Å². The third kappa shape index (κ3) is 5.85. The van der Waals surface area contributed by atoms with Gasteiger partial charge in [0, 0.05) is 45.9 Å². The van der Waals surface area contributed by atoms with Crippen LogP contribution in [0.2, 0.25) is 0 Å². The number of carbonyl (C=O) groups is 1. The highest BCUT2D eigenvalue weighted by atomic mass is 16.5. The first-order chi connectivity index (χ1) is 16.0. The van der Waals surface area contributed by atoms with E-state index in [2.05, 4.69) is 49.9 Å². The van der Waals surface area contributed by atoms with Crippen molar-refractivity contribution >= 4 is 5.91 Å². The zero-order chi connectivity index (χ0) is 23.2. The summed E-state index contributed by atoms with van der Waals surface area (Å²) in [5.74, 6) is 2.76. The standard InChI is InChI=1S/C24H32N6O3/c1-17(2)14-20(26-24(31)21-8-7-19(33-21)16-32-3)23-28-27-22-9-11-29(12-13-30(22)23)15-18-6-4-5-10-25-18/h4-8,10,17,20H,9,11-16H2,1-3H3,(H,26,31)/t20-/m0/s1. The Labute approximate surface area is 194 Å². The second-order valence-electron chi connectivity index (χ2n) is 8.83. The van der Waals surface area contributed by atoms with Gasteiger partial charge in [-0.05, 0) is 36.6 Å². The molecule has 0 radical (unpaired) electrons. The lowest BCUT2D eigenvalue weighted by atomic mass is 10.0. The number of hydrogen-bond acceptors (Lipinski definition) is 7. The van der Waals surface area contributed by atoms with Crippen LogP contribution in [0.5, 0.6) is 0 Å². The third-order valence-electron chi connectivity index (χ3n) is 5.76. The molecule has 1 N–H and O–H groups in total. The van der Waals surface area contributed by atoms with Crippen LogP contribution in [-0.4, -0.2) is 50.8 Å². The third-order valence-corrected chi connectivity index (χ3v) is 5.76. The average Bonchev–Trinajstić information content (AvgIpc) is 3.38. The highest BCUT2D eigenvalue weighted by Gasteiger charge is 2.27. The molecule has 0 aliphatic carbocycles. The fourth-order valence-corrected chi connectivity index (χ4v) is 4.18. The van der Waals surface area contributed by atoms with Gasteiger partial charge in [0.2, 0.25) is 0 Å². The van der Waals surface area contributed by atoms with Crippen molar-refractivity contribution in [2.45, 2.75) is 52.4 Å². The Morgan fingerprint density at radius 1 is 1.18 bits per heavy atom. The molecule has 1 amide bonds. The van der Waals surface area contributed by atoms with E-state index in [1.165, 1.54) is 0 Å². The Bertz CT molecular complexity index is 1050. The van der Waals surface area contributed by atoms with Crippen molar-refractivity contribution in [2.75, 3.05) is 20.2 Å². The zero-order valence-corrected chi connectivity index (χ0v) is 19.5. The summed E-state index contributed by atoms with van der Waals surface area (Å²) < 4.78 is 12.9. The monoisotopic (exact) mass is 452 g/mol. The average molecular weight is 453 g/mol. The minimum atomic E-state index is -0.259. The van der Waals surface area contributed by atoms with Crippen LogP contribution < -0.4 is 5.32 Å². The Hall–Kier alpha value is -3.04. The predicted octanol–water partition coefficient (Wildman–Crippen LogP) is 2.99. The van der Waals surface area contributed by atoms with Gasteiger partial charge in [-0.3, -0.25) is 14.7 Å². The van der Waals surface area contributed by atoms with Crippen molar-refractivity contribution in [2.24, 2.45) is 5.92 Å². The molecule has 9 nitrogen and oxygen atoms in total. The van der Waals surface area contributed by atoms with E-state index in [1.807, 2.05) is 18.3 Å². The largest absolute Gasteiger partial charge is 0.453 e. The molecular formula is C24H32N6O3. The van der Waals surface area contributed by atoms with Crippen molar-refractivity contribution in [1.29, 1.82) is 0 Å². The van der Waals surface area contributed by atoms with Crippen molar-refractivity contribution in [3.63, 3.8) is 0 Å². The van der Waals surface area contributed by atoms with Gasteiger partial charge in [0.15, 0.2) is 11.6 Å². The lowest BCUT2D eigenvalue weighted by Crippen LogP contribution is -2.32. The van der Waals surface area contributed by atoms with Crippen LogP contribution in [0.1, 0.15) is 60.0 Å². The quantitative estimate of drug-likeness (QED) is 0.533. The first-order valence-electron chi connectivity index (χ1n) is 11.5. The van der Waals surface area contributed by atoms with E-state index in [-0.39, 0.29) is 17.7 Å². The van der Waals surface area contributed by atoms with Gasteiger partial charge in [0.05, 0.1) is 11.7 Å². The minimum absolute atomic E-state index is 0.253. The van der Waals surface area contributed by atoms with E-state index in [4.69, 9.17) is 9.15 Å². The van der Waals surface area contributed by atoms with Gasteiger partial charge in [0.25, 0.3) is 5.91 Å². The lowest BCUT2D eigenvalue weighted by Gasteiger charge is -2.22. The minimum Gasteiger partial charge on any atom is -0.453 e. The number of rotatable bonds is 9. The number of aromatic nitrogens is 4. The highest BCUT2D eigenvalue weighted by molar-refractivity contribution is 5.91. The SMILES string of the molecule is COCc1ccc(C(=O)N[C@@H](CC(C)C)c2nnc3n2CCN(Cc2ccccn2)CC3)o1. The second kappa shape index (κ2) is 10.7. The molecule has 0 unspecified atom stereocenters. The Morgan fingerprint density at radius 2 is 2.06 bits per heavy atom. The van der Waals surface area contributed by atoms with E-state index in [0.29, 0.717) is 18.3 Å². The molecule has 0 fully saturated rings. The number of amides is 1. The van der Waals surface area contributed by atoms with E-state index in [9.17, 15) is 4.79 Å². The molecule has 1 aliphatic rings. The number of furan rings is 1. The number of methoxy groups -OCH3 is 1. The first-order valence-corrected chi connectivity index (χ1v) is 11.5. The van der Waals surface area contributed by atoms with E-state index in [1.54, 1.807) is 19.2 Å². The maximum atomic E-state index is 12.9. The number of nitrogens with one attached hydrogen (secondary N) is 1. The first kappa shape index (κ1) is 23.1. The molecule has 9 heteroatoms. The number of hydrogen-bond donors (Lipinski definition) is 1. The topological polar surface area (TPSA) is 98.3 Å². The molecule has 0 bridgehead atoms. The van der Waals surface area contributed by atoms with E-state index in [0.717, 1.165) is 56.4 Å². The molecule has 0 saturated carbocycles. The molecule has 0 aromatic carbocycles. The number of fused-ring (bicyclic) bond motifs is 1. The highest BCUT2D eigenvalue weighted by Crippen LogP contribution is 2.23. The number of ether oxygens (including phenoxy) is 1. The molecule has 4 heterocycles. The van der Waals surface area contributed by atoms with Crippen LogP contribution in [0.15, 0.2) is 40.9 Å². The van der Waals surface area contributed by atoms with Crippen LogP contribution in [0.4, 0.5) is 0 Å². The lowest BCUT2D eigenvalue weighted by molar-refractivity contribution is 0.0892. The molecule has 1 aliphatic heterocycles. The molecule has 3 aromatic rings. The van der Waals surface area contributed by atoms with Crippen molar-refractivity contribution in [3.05, 3.63) is 65.4 Å². The Kier molecular flexibility index (Phi) is 7.51. The molecule has 0 saturated heterocycles.